The van der Waals surface area contributed by atoms with Crippen molar-refractivity contribution in [2.75, 3.05) is 0 Å². The van der Waals surface area contributed by atoms with Crippen LogP contribution in [0, 0.1) is 5.41 Å². The van der Waals surface area contributed by atoms with Gasteiger partial charge in [-0.25, -0.2) is 0 Å². The van der Waals surface area contributed by atoms with Crippen LogP contribution in [0.5, 0.6) is 0 Å². The topological polar surface area (TPSA) is 18.5 Å². The summed E-state index contributed by atoms with van der Waals surface area (Å²) in [5.74, 6) is 0. The van der Waals surface area contributed by atoms with Gasteiger partial charge in [-0.05, 0) is 46.0 Å². The Morgan fingerprint density at radius 3 is 1.50 bits per heavy atom. The van der Waals surface area contributed by atoms with Crippen molar-refractivity contribution in [3.8, 4) is 0 Å². The summed E-state index contributed by atoms with van der Waals surface area (Å²) in [5.41, 5.74) is 0.255. The summed E-state index contributed by atoms with van der Waals surface area (Å²) in [6.45, 7) is 10.9. The van der Waals surface area contributed by atoms with Crippen molar-refractivity contribution in [1.29, 1.82) is 0 Å². The highest BCUT2D eigenvalue weighted by Gasteiger charge is 2.87. The molecular formula is C11H19BO2. The number of rotatable bonds is 1. The van der Waals surface area contributed by atoms with Gasteiger partial charge in [0.25, 0.3) is 0 Å². The van der Waals surface area contributed by atoms with Gasteiger partial charge in [-0.15, -0.1) is 0 Å². The molecule has 2 nitrogen and oxygen atoms in total. The Kier molecular flexibility index (Phi) is 1.28. The zero-order chi connectivity index (χ0) is 10.4. The van der Waals surface area contributed by atoms with E-state index in [1.54, 1.807) is 0 Å². The largest absolute Gasteiger partial charge is 0.465 e. The number of hydrogen-bond acceptors (Lipinski definition) is 2. The van der Waals surface area contributed by atoms with Crippen LogP contribution in [0.3, 0.4) is 0 Å². The first-order valence-electron chi connectivity index (χ1n) is 5.58. The summed E-state index contributed by atoms with van der Waals surface area (Å²) in [6, 6.07) is 0. The molecule has 3 fully saturated rings. The van der Waals surface area contributed by atoms with E-state index < -0.39 is 0 Å². The summed E-state index contributed by atoms with van der Waals surface area (Å²) >= 11 is 0. The van der Waals surface area contributed by atoms with E-state index in [1.165, 1.54) is 12.8 Å². The van der Waals surface area contributed by atoms with Crippen LogP contribution >= 0.6 is 0 Å². The molecule has 78 valence electrons. The zero-order valence-electron chi connectivity index (χ0n) is 9.81. The summed E-state index contributed by atoms with van der Waals surface area (Å²) in [6.07, 6.45) is 2.60. The first kappa shape index (κ1) is 9.23. The molecule has 0 N–H and O–H groups in total. The maximum Gasteiger partial charge on any atom is 0.465 e. The maximum atomic E-state index is 6.08. The lowest BCUT2D eigenvalue weighted by molar-refractivity contribution is 0.00578. The minimum Gasteiger partial charge on any atom is -0.403 e. The molecule has 0 bridgehead atoms. The second-order valence-corrected chi connectivity index (χ2v) is 6.66. The highest BCUT2D eigenvalue weighted by molar-refractivity contribution is 6.53. The van der Waals surface area contributed by atoms with Crippen molar-refractivity contribution in [1.82, 2.24) is 0 Å². The molecule has 0 aromatic carbocycles. The second-order valence-electron chi connectivity index (χ2n) is 6.66. The van der Waals surface area contributed by atoms with Crippen molar-refractivity contribution < 1.29 is 9.31 Å². The normalized spacial score (nSPS) is 51.6. The van der Waals surface area contributed by atoms with Gasteiger partial charge in [0.15, 0.2) is 0 Å². The Hall–Kier alpha value is -0.0151. The van der Waals surface area contributed by atoms with Crippen LogP contribution in [0.1, 0.15) is 47.5 Å². The van der Waals surface area contributed by atoms with Gasteiger partial charge >= 0.3 is 7.12 Å². The minimum absolute atomic E-state index is 0.0532. The minimum atomic E-state index is -0.154. The Labute approximate surface area is 86.5 Å². The van der Waals surface area contributed by atoms with Gasteiger partial charge in [-0.1, -0.05) is 6.92 Å². The quantitative estimate of drug-likeness (QED) is 0.597. The predicted molar refractivity (Wildman–Crippen MR) is 56.1 cm³/mol. The summed E-state index contributed by atoms with van der Waals surface area (Å²) < 4.78 is 12.2. The average molecular weight is 194 g/mol. The fraction of sp³-hybridized carbons (Fsp3) is 1.00. The zero-order valence-corrected chi connectivity index (χ0v) is 9.81. The molecular weight excluding hydrogens is 175 g/mol. The molecule has 1 saturated heterocycles. The Morgan fingerprint density at radius 2 is 1.21 bits per heavy atom. The molecule has 1 aliphatic heterocycles. The predicted octanol–water partition coefficient (Wildman–Crippen LogP) is 2.63. The van der Waals surface area contributed by atoms with Crippen LogP contribution in [0.2, 0.25) is 5.31 Å². The third-order valence-corrected chi connectivity index (χ3v) is 5.07. The van der Waals surface area contributed by atoms with Crippen LogP contribution in [-0.4, -0.2) is 18.3 Å². The SMILES string of the molecule is CC12CC1(B1OC(C)(C)C(C)(C)O1)C2. The molecule has 1 heterocycles. The molecule has 0 radical (unpaired) electrons. The van der Waals surface area contributed by atoms with Gasteiger partial charge in [-0.3, -0.25) is 0 Å². The Bertz CT molecular complexity index is 286. The first-order valence-corrected chi connectivity index (χ1v) is 5.58. The van der Waals surface area contributed by atoms with Crippen LogP contribution in [0.4, 0.5) is 0 Å². The Morgan fingerprint density at radius 1 is 0.857 bits per heavy atom. The van der Waals surface area contributed by atoms with Crippen molar-refractivity contribution in [3.05, 3.63) is 0 Å². The third kappa shape index (κ3) is 0.820. The van der Waals surface area contributed by atoms with Gasteiger partial charge in [-0.2, -0.15) is 0 Å². The van der Waals surface area contributed by atoms with Gasteiger partial charge in [0.1, 0.15) is 0 Å². The molecule has 3 aliphatic rings. The van der Waals surface area contributed by atoms with E-state index in [-0.39, 0.29) is 18.3 Å². The van der Waals surface area contributed by atoms with Gasteiger partial charge in [0.2, 0.25) is 0 Å². The standard InChI is InChI=1S/C11H19BO2/c1-8(2)9(3,4)14-12(13-8)11-6-10(11,5)7-11/h6-7H2,1-5H3. The van der Waals surface area contributed by atoms with E-state index >= 15 is 0 Å². The molecule has 0 aromatic heterocycles. The molecule has 2 aliphatic carbocycles. The molecule has 14 heavy (non-hydrogen) atoms. The van der Waals surface area contributed by atoms with E-state index in [0.717, 1.165) is 0 Å². The third-order valence-electron chi connectivity index (χ3n) is 5.07. The van der Waals surface area contributed by atoms with E-state index in [0.29, 0.717) is 10.7 Å². The van der Waals surface area contributed by atoms with Crippen molar-refractivity contribution >= 4 is 7.12 Å². The smallest absolute Gasteiger partial charge is 0.403 e. The lowest BCUT2D eigenvalue weighted by Crippen LogP contribution is -2.41. The first-order chi connectivity index (χ1) is 6.23. The van der Waals surface area contributed by atoms with Crippen LogP contribution < -0.4 is 0 Å². The summed E-state index contributed by atoms with van der Waals surface area (Å²) in [7, 11) is 0.0532. The van der Waals surface area contributed by atoms with E-state index in [2.05, 4.69) is 34.6 Å². The van der Waals surface area contributed by atoms with Crippen molar-refractivity contribution in [2.24, 2.45) is 5.41 Å². The second kappa shape index (κ2) is 1.94. The van der Waals surface area contributed by atoms with Crippen LogP contribution in [0.25, 0.3) is 0 Å². The molecule has 0 amide bonds. The molecule has 3 heteroatoms. The number of fused-ring (bicyclic) bond motifs is 1. The fourth-order valence-electron chi connectivity index (χ4n) is 2.77. The maximum absolute atomic E-state index is 6.08. The number of hydrogen-bond donors (Lipinski definition) is 0. The molecule has 0 unspecified atom stereocenters. The van der Waals surface area contributed by atoms with Gasteiger partial charge < -0.3 is 9.31 Å². The van der Waals surface area contributed by atoms with Gasteiger partial charge in [0, 0.05) is 5.31 Å². The molecule has 0 aromatic rings. The van der Waals surface area contributed by atoms with E-state index in [1.807, 2.05) is 0 Å². The summed E-state index contributed by atoms with van der Waals surface area (Å²) in [4.78, 5) is 0. The highest BCUT2D eigenvalue weighted by atomic mass is 16.7. The Balaban J connectivity index is 1.82. The summed E-state index contributed by atoms with van der Waals surface area (Å²) in [5, 5.41) is 0.401. The van der Waals surface area contributed by atoms with Crippen molar-refractivity contribution in [3.63, 3.8) is 0 Å². The van der Waals surface area contributed by atoms with Gasteiger partial charge in [0.05, 0.1) is 11.2 Å². The van der Waals surface area contributed by atoms with E-state index in [4.69, 9.17) is 9.31 Å². The average Bonchev–Trinajstić information content (AvgIpc) is 2.66. The highest BCUT2D eigenvalue weighted by Crippen LogP contribution is 2.94. The monoisotopic (exact) mass is 194 g/mol. The molecule has 3 rings (SSSR count). The van der Waals surface area contributed by atoms with E-state index in [9.17, 15) is 0 Å². The lowest BCUT2D eigenvalue weighted by Gasteiger charge is -2.32. The fourth-order valence-corrected chi connectivity index (χ4v) is 2.77. The lowest BCUT2D eigenvalue weighted by atomic mass is 9.74. The molecule has 0 atom stereocenters. The van der Waals surface area contributed by atoms with Crippen LogP contribution in [-0.2, 0) is 9.31 Å². The molecule has 0 spiro atoms. The molecule has 2 saturated carbocycles. The van der Waals surface area contributed by atoms with Crippen LogP contribution in [0.15, 0.2) is 0 Å². The van der Waals surface area contributed by atoms with Crippen molar-refractivity contribution in [2.45, 2.75) is 64.0 Å².